The van der Waals surface area contributed by atoms with E-state index in [0.717, 1.165) is 24.2 Å². The van der Waals surface area contributed by atoms with Crippen LogP contribution in [0.15, 0.2) is 48.5 Å². The summed E-state index contributed by atoms with van der Waals surface area (Å²) >= 11 is 0. The predicted molar refractivity (Wildman–Crippen MR) is 103 cm³/mol. The van der Waals surface area contributed by atoms with Crippen molar-refractivity contribution in [3.63, 3.8) is 0 Å². The molecule has 0 saturated heterocycles. The predicted octanol–water partition coefficient (Wildman–Crippen LogP) is 3.64. The molecule has 1 aliphatic heterocycles. The maximum absolute atomic E-state index is 12.8. The first-order valence-electron chi connectivity index (χ1n) is 8.67. The van der Waals surface area contributed by atoms with Crippen molar-refractivity contribution in [3.05, 3.63) is 54.1 Å². The molecule has 2 aromatic rings. The number of anilines is 3. The van der Waals surface area contributed by atoms with Gasteiger partial charge in [-0.2, -0.15) is 0 Å². The van der Waals surface area contributed by atoms with Gasteiger partial charge in [0, 0.05) is 23.1 Å². The minimum absolute atomic E-state index is 0.0241. The molecule has 2 N–H and O–H groups in total. The van der Waals surface area contributed by atoms with Crippen molar-refractivity contribution in [2.45, 2.75) is 25.8 Å². The second kappa shape index (κ2) is 7.91. The standard InChI is InChI=1S/C20H23N3O3/c1-14-10-11-15-6-3-4-9-18(15)23(14)19(24)13-21-16-7-5-8-17(12-16)22-20(25)26-2/h3-9,12,14,21H,10-11,13H2,1-2H3,(H,22,25)/t14-/m1/s1. The fourth-order valence-corrected chi connectivity index (χ4v) is 3.21. The number of hydrogen-bond donors (Lipinski definition) is 2. The van der Waals surface area contributed by atoms with Gasteiger partial charge in [0.25, 0.3) is 0 Å². The lowest BCUT2D eigenvalue weighted by molar-refractivity contribution is -0.117. The average molecular weight is 353 g/mol. The van der Waals surface area contributed by atoms with E-state index >= 15 is 0 Å². The molecule has 1 atom stereocenters. The quantitative estimate of drug-likeness (QED) is 0.880. The molecule has 6 nitrogen and oxygen atoms in total. The molecule has 0 spiro atoms. The molecule has 0 fully saturated rings. The molecule has 0 radical (unpaired) electrons. The summed E-state index contributed by atoms with van der Waals surface area (Å²) in [5.41, 5.74) is 3.57. The minimum atomic E-state index is -0.531. The van der Waals surface area contributed by atoms with E-state index in [1.807, 2.05) is 29.2 Å². The maximum Gasteiger partial charge on any atom is 0.411 e. The highest BCUT2D eigenvalue weighted by Gasteiger charge is 2.27. The molecule has 3 rings (SSSR count). The molecule has 26 heavy (non-hydrogen) atoms. The number of ether oxygens (including phenoxy) is 1. The smallest absolute Gasteiger partial charge is 0.411 e. The highest BCUT2D eigenvalue weighted by Crippen LogP contribution is 2.30. The van der Waals surface area contributed by atoms with Gasteiger partial charge in [-0.3, -0.25) is 10.1 Å². The normalized spacial score (nSPS) is 15.8. The Bertz CT molecular complexity index is 806. The second-order valence-corrected chi connectivity index (χ2v) is 6.33. The Hall–Kier alpha value is -3.02. The summed E-state index contributed by atoms with van der Waals surface area (Å²) in [7, 11) is 1.31. The number of carbonyl (C=O) groups excluding carboxylic acids is 2. The first kappa shape index (κ1) is 17.8. The highest BCUT2D eigenvalue weighted by atomic mass is 16.5. The van der Waals surface area contributed by atoms with Crippen molar-refractivity contribution in [1.29, 1.82) is 0 Å². The zero-order valence-electron chi connectivity index (χ0n) is 15.0. The lowest BCUT2D eigenvalue weighted by Gasteiger charge is -2.35. The number of aryl methyl sites for hydroxylation is 1. The Labute approximate surface area is 153 Å². The molecule has 0 bridgehead atoms. The van der Waals surface area contributed by atoms with Gasteiger partial charge >= 0.3 is 6.09 Å². The van der Waals surface area contributed by atoms with Gasteiger partial charge in [-0.05, 0) is 49.6 Å². The molecule has 0 aliphatic carbocycles. The third-order valence-corrected chi connectivity index (χ3v) is 4.53. The largest absolute Gasteiger partial charge is 0.453 e. The number of amides is 2. The van der Waals surface area contributed by atoms with E-state index in [2.05, 4.69) is 28.4 Å². The van der Waals surface area contributed by atoms with Crippen LogP contribution < -0.4 is 15.5 Å². The Kier molecular flexibility index (Phi) is 5.41. The summed E-state index contributed by atoms with van der Waals surface area (Å²) in [4.78, 5) is 26.0. The van der Waals surface area contributed by atoms with Crippen LogP contribution in [0.4, 0.5) is 21.9 Å². The fraction of sp³-hybridized carbons (Fsp3) is 0.300. The number of methoxy groups -OCH3 is 1. The number of carbonyl (C=O) groups is 2. The average Bonchev–Trinajstić information content (AvgIpc) is 2.66. The van der Waals surface area contributed by atoms with Gasteiger partial charge in [0.2, 0.25) is 5.91 Å². The van der Waals surface area contributed by atoms with Gasteiger partial charge in [-0.15, -0.1) is 0 Å². The van der Waals surface area contributed by atoms with Crippen molar-refractivity contribution < 1.29 is 14.3 Å². The number of para-hydroxylation sites is 1. The third kappa shape index (κ3) is 3.96. The number of nitrogens with one attached hydrogen (secondary N) is 2. The van der Waals surface area contributed by atoms with Crippen LogP contribution in [-0.4, -0.2) is 31.7 Å². The number of hydrogen-bond acceptors (Lipinski definition) is 4. The molecule has 6 heteroatoms. The Morgan fingerprint density at radius 3 is 2.73 bits per heavy atom. The fourth-order valence-electron chi connectivity index (χ4n) is 3.21. The zero-order valence-corrected chi connectivity index (χ0v) is 15.0. The van der Waals surface area contributed by atoms with Crippen LogP contribution in [0.1, 0.15) is 18.9 Å². The summed E-state index contributed by atoms with van der Waals surface area (Å²) in [6, 6.07) is 15.4. The molecule has 0 saturated carbocycles. The molecule has 0 unspecified atom stereocenters. The van der Waals surface area contributed by atoms with Crippen molar-refractivity contribution in [2.75, 3.05) is 29.2 Å². The summed E-state index contributed by atoms with van der Waals surface area (Å²) in [5, 5.41) is 5.75. The number of rotatable bonds is 4. The summed E-state index contributed by atoms with van der Waals surface area (Å²) in [6.07, 6.45) is 1.42. The SMILES string of the molecule is COC(=O)Nc1cccc(NCC(=O)N2c3ccccc3CC[C@H]2C)c1. The molecule has 0 aromatic heterocycles. The lowest BCUT2D eigenvalue weighted by Crippen LogP contribution is -2.44. The van der Waals surface area contributed by atoms with E-state index in [-0.39, 0.29) is 18.5 Å². The van der Waals surface area contributed by atoms with Gasteiger partial charge in [0.05, 0.1) is 13.7 Å². The van der Waals surface area contributed by atoms with E-state index in [4.69, 9.17) is 0 Å². The molecular weight excluding hydrogens is 330 g/mol. The summed E-state index contributed by atoms with van der Waals surface area (Å²) in [5.74, 6) is 0.0241. The third-order valence-electron chi connectivity index (χ3n) is 4.53. The Morgan fingerprint density at radius 2 is 1.92 bits per heavy atom. The molecule has 2 amide bonds. The van der Waals surface area contributed by atoms with Gasteiger partial charge < -0.3 is 15.0 Å². The van der Waals surface area contributed by atoms with Crippen LogP contribution in [0, 0.1) is 0 Å². The second-order valence-electron chi connectivity index (χ2n) is 6.33. The molecular formula is C20H23N3O3. The van der Waals surface area contributed by atoms with Crippen molar-refractivity contribution in [2.24, 2.45) is 0 Å². The molecule has 2 aromatic carbocycles. The first-order chi connectivity index (χ1) is 12.6. The molecule has 136 valence electrons. The lowest BCUT2D eigenvalue weighted by atomic mass is 9.96. The van der Waals surface area contributed by atoms with Crippen molar-refractivity contribution in [3.8, 4) is 0 Å². The first-order valence-corrected chi connectivity index (χ1v) is 8.67. The number of fused-ring (bicyclic) bond motifs is 1. The van der Waals surface area contributed by atoms with E-state index in [1.165, 1.54) is 12.7 Å². The zero-order chi connectivity index (χ0) is 18.5. The van der Waals surface area contributed by atoms with Crippen LogP contribution in [-0.2, 0) is 16.0 Å². The number of nitrogens with zero attached hydrogens (tertiary/aromatic N) is 1. The summed E-state index contributed by atoms with van der Waals surface area (Å²) in [6.45, 7) is 2.26. The van der Waals surface area contributed by atoms with Crippen LogP contribution in [0.2, 0.25) is 0 Å². The van der Waals surface area contributed by atoms with E-state index in [0.29, 0.717) is 5.69 Å². The van der Waals surface area contributed by atoms with E-state index in [9.17, 15) is 9.59 Å². The van der Waals surface area contributed by atoms with Gasteiger partial charge in [-0.25, -0.2) is 4.79 Å². The van der Waals surface area contributed by atoms with E-state index in [1.54, 1.807) is 18.2 Å². The Morgan fingerprint density at radius 1 is 1.15 bits per heavy atom. The van der Waals surface area contributed by atoms with Crippen LogP contribution in [0.3, 0.4) is 0 Å². The monoisotopic (exact) mass is 353 g/mol. The van der Waals surface area contributed by atoms with Gasteiger partial charge in [-0.1, -0.05) is 24.3 Å². The van der Waals surface area contributed by atoms with E-state index < -0.39 is 6.09 Å². The van der Waals surface area contributed by atoms with Crippen molar-refractivity contribution >= 4 is 29.1 Å². The van der Waals surface area contributed by atoms with Crippen molar-refractivity contribution in [1.82, 2.24) is 0 Å². The number of benzene rings is 2. The van der Waals surface area contributed by atoms with Gasteiger partial charge in [0.15, 0.2) is 0 Å². The highest BCUT2D eigenvalue weighted by molar-refractivity contribution is 5.98. The molecule has 1 aliphatic rings. The topological polar surface area (TPSA) is 70.7 Å². The Balaban J connectivity index is 1.68. The van der Waals surface area contributed by atoms with Gasteiger partial charge in [0.1, 0.15) is 0 Å². The van der Waals surface area contributed by atoms with Crippen LogP contribution in [0.25, 0.3) is 0 Å². The van der Waals surface area contributed by atoms with Crippen LogP contribution >= 0.6 is 0 Å². The van der Waals surface area contributed by atoms with Crippen LogP contribution in [0.5, 0.6) is 0 Å². The minimum Gasteiger partial charge on any atom is -0.453 e. The summed E-state index contributed by atoms with van der Waals surface area (Å²) < 4.78 is 4.59. The maximum atomic E-state index is 12.8. The molecule has 1 heterocycles.